The third-order valence-electron chi connectivity index (χ3n) is 9.84. The lowest BCUT2D eigenvalue weighted by Gasteiger charge is -2.25. The fourth-order valence-electron chi connectivity index (χ4n) is 7.20. The second kappa shape index (κ2) is 14.2. The van der Waals surface area contributed by atoms with Crippen LogP contribution >= 0.6 is 0 Å². The number of nitrogens with one attached hydrogen (secondary N) is 1. The molecule has 0 saturated carbocycles. The number of unbranched alkanes of at least 4 members (excludes halogenated alkanes) is 2. The zero-order chi connectivity index (χ0) is 35.6. The van der Waals surface area contributed by atoms with Gasteiger partial charge < -0.3 is 14.8 Å². The van der Waals surface area contributed by atoms with E-state index in [4.69, 9.17) is 0 Å². The van der Waals surface area contributed by atoms with E-state index in [1.807, 2.05) is 13.8 Å². The molecule has 0 atom stereocenters. The van der Waals surface area contributed by atoms with E-state index in [1.54, 1.807) is 6.07 Å². The highest BCUT2D eigenvalue weighted by molar-refractivity contribution is 7.85. The molecular weight excluding hydrogens is 641 g/mol. The van der Waals surface area contributed by atoms with Crippen molar-refractivity contribution in [3.63, 3.8) is 0 Å². The number of nitrogens with zero attached hydrogens (tertiary/aromatic N) is 3. The molecule has 1 N–H and O–H groups in total. The second-order valence-electron chi connectivity index (χ2n) is 13.8. The Labute approximate surface area is 289 Å². The summed E-state index contributed by atoms with van der Waals surface area (Å²) in [5, 5.41) is 2.89. The Bertz CT molecular complexity index is 1870. The standard InChI is InChI=1S/C38H46N4O6S/c1-6-40-31-20-19-27(49(46,47)48)26-29(31)38(4,5)32(40)16-12-17-33-37(2,3)28-14-9-10-15-30(28)41(33)24-11-7-8-18-34(43)39-23-13-25-42-35(44)21-22-36(42)45/h9-10,12,14-17,19-22,26H,6-8,11,13,18,23-25H2,1-5H3,(H-,39,43,46,47,48). The average Bonchev–Trinajstić information content (AvgIpc) is 3.57. The number of likely N-dealkylation sites (N-methyl/N-ethyl adjacent to an activating group) is 1. The summed E-state index contributed by atoms with van der Waals surface area (Å²) in [5.74, 6) is -0.646. The van der Waals surface area contributed by atoms with Crippen LogP contribution in [0, 0.1) is 0 Å². The SMILES string of the molecule is CCN1/C(=C/C=C/C2=[N+](CCCCCC(=O)NCCCN3C(=O)C=CC3=O)c3ccccc3C2(C)C)C(C)(C)c2cc(S(=O)(=O)[O-])ccc21. The third kappa shape index (κ3) is 7.33. The Kier molecular flexibility index (Phi) is 10.5. The second-order valence-corrected chi connectivity index (χ2v) is 15.1. The number of rotatable bonds is 14. The Hall–Kier alpha value is -4.35. The van der Waals surface area contributed by atoms with Crippen molar-refractivity contribution >= 4 is 44.9 Å². The fraction of sp³-hybridized carbons (Fsp3) is 0.421. The summed E-state index contributed by atoms with van der Waals surface area (Å²) < 4.78 is 37.7. The number of hydrogen-bond donors (Lipinski definition) is 1. The van der Waals surface area contributed by atoms with Gasteiger partial charge in [-0.1, -0.05) is 38.1 Å². The van der Waals surface area contributed by atoms with Gasteiger partial charge >= 0.3 is 0 Å². The maximum atomic E-state index is 12.4. The van der Waals surface area contributed by atoms with Crippen molar-refractivity contribution in [2.45, 2.75) is 82.4 Å². The summed E-state index contributed by atoms with van der Waals surface area (Å²) in [5.41, 5.74) is 5.61. The maximum absolute atomic E-state index is 12.4. The monoisotopic (exact) mass is 686 g/mol. The van der Waals surface area contributed by atoms with Crippen LogP contribution in [0.2, 0.25) is 0 Å². The summed E-state index contributed by atoms with van der Waals surface area (Å²) in [7, 11) is -4.57. The smallest absolute Gasteiger partial charge is 0.253 e. The van der Waals surface area contributed by atoms with Crippen molar-refractivity contribution in [1.82, 2.24) is 10.2 Å². The van der Waals surface area contributed by atoms with Crippen LogP contribution in [-0.2, 0) is 35.3 Å². The normalized spacial score (nSPS) is 18.7. The number of hydrogen-bond acceptors (Lipinski definition) is 7. The first-order chi connectivity index (χ1) is 23.2. The molecule has 0 radical (unpaired) electrons. The van der Waals surface area contributed by atoms with Gasteiger partial charge in [-0.15, -0.1) is 0 Å². The number of benzene rings is 2. The number of carbonyl (C=O) groups excluding carboxylic acids is 3. The zero-order valence-corrected chi connectivity index (χ0v) is 29.8. The van der Waals surface area contributed by atoms with E-state index in [9.17, 15) is 27.4 Å². The van der Waals surface area contributed by atoms with E-state index < -0.39 is 15.5 Å². The Balaban J connectivity index is 1.24. The van der Waals surface area contributed by atoms with E-state index in [2.05, 4.69) is 78.1 Å². The predicted molar refractivity (Wildman–Crippen MR) is 189 cm³/mol. The van der Waals surface area contributed by atoms with Gasteiger partial charge in [0.05, 0.1) is 10.3 Å². The Morgan fingerprint density at radius 1 is 0.918 bits per heavy atom. The first-order valence-electron chi connectivity index (χ1n) is 17.0. The highest BCUT2D eigenvalue weighted by Crippen LogP contribution is 2.48. The van der Waals surface area contributed by atoms with Crippen LogP contribution in [0.5, 0.6) is 0 Å². The lowest BCUT2D eigenvalue weighted by atomic mass is 9.81. The average molecular weight is 687 g/mol. The zero-order valence-electron chi connectivity index (χ0n) is 29.0. The number of para-hydroxylation sites is 1. The van der Waals surface area contributed by atoms with Gasteiger partial charge in [0.25, 0.3) is 11.8 Å². The highest BCUT2D eigenvalue weighted by Gasteiger charge is 2.44. The minimum atomic E-state index is -4.57. The van der Waals surface area contributed by atoms with Crippen molar-refractivity contribution in [1.29, 1.82) is 0 Å². The van der Waals surface area contributed by atoms with Gasteiger partial charge in [0.15, 0.2) is 5.71 Å². The number of anilines is 1. The van der Waals surface area contributed by atoms with Crippen LogP contribution in [0.15, 0.2) is 83.4 Å². The largest absolute Gasteiger partial charge is 0.744 e. The van der Waals surface area contributed by atoms with Crippen LogP contribution in [0.4, 0.5) is 11.4 Å². The molecule has 0 spiro atoms. The molecule has 0 saturated heterocycles. The summed E-state index contributed by atoms with van der Waals surface area (Å²) in [4.78, 5) is 38.8. The van der Waals surface area contributed by atoms with Gasteiger partial charge in [-0.3, -0.25) is 19.3 Å². The van der Waals surface area contributed by atoms with E-state index >= 15 is 0 Å². The fourth-order valence-corrected chi connectivity index (χ4v) is 7.70. The van der Waals surface area contributed by atoms with E-state index in [0.717, 1.165) is 42.8 Å². The highest BCUT2D eigenvalue weighted by atomic mass is 32.2. The summed E-state index contributed by atoms with van der Waals surface area (Å²) in [6.07, 6.45) is 12.3. The van der Waals surface area contributed by atoms with Crippen molar-refractivity contribution in [2.75, 3.05) is 31.1 Å². The first kappa shape index (κ1) is 35.9. The molecule has 49 heavy (non-hydrogen) atoms. The molecule has 2 aromatic rings. The Morgan fingerprint density at radius 3 is 2.33 bits per heavy atom. The predicted octanol–water partition coefficient (Wildman–Crippen LogP) is 5.22. The molecule has 0 aromatic heterocycles. The van der Waals surface area contributed by atoms with Crippen molar-refractivity contribution in [3.8, 4) is 0 Å². The van der Waals surface area contributed by atoms with Gasteiger partial charge in [0, 0.05) is 79.1 Å². The summed E-state index contributed by atoms with van der Waals surface area (Å²) >= 11 is 0. The van der Waals surface area contributed by atoms with E-state index in [-0.39, 0.29) is 28.0 Å². The minimum Gasteiger partial charge on any atom is -0.744 e. The molecule has 11 heteroatoms. The first-order valence-corrected chi connectivity index (χ1v) is 18.4. The summed E-state index contributed by atoms with van der Waals surface area (Å²) in [6.45, 7) is 12.8. The quantitative estimate of drug-likeness (QED) is 0.125. The number of amides is 3. The van der Waals surface area contributed by atoms with Gasteiger partial charge in [-0.2, -0.15) is 4.58 Å². The number of fused-ring (bicyclic) bond motifs is 2. The van der Waals surface area contributed by atoms with Crippen molar-refractivity contribution in [3.05, 3.63) is 89.7 Å². The number of imide groups is 1. The molecule has 3 aliphatic heterocycles. The van der Waals surface area contributed by atoms with Crippen LogP contribution in [0.3, 0.4) is 0 Å². The molecule has 2 aromatic carbocycles. The number of allylic oxidation sites excluding steroid dienone is 4. The van der Waals surface area contributed by atoms with Crippen molar-refractivity contribution < 1.29 is 31.9 Å². The van der Waals surface area contributed by atoms with Gasteiger partial charge in [0.1, 0.15) is 16.7 Å². The molecule has 10 nitrogen and oxygen atoms in total. The molecule has 0 aliphatic carbocycles. The van der Waals surface area contributed by atoms with Crippen LogP contribution in [-0.4, -0.2) is 72.1 Å². The lowest BCUT2D eigenvalue weighted by Crippen LogP contribution is -2.33. The third-order valence-corrected chi connectivity index (χ3v) is 10.7. The minimum absolute atomic E-state index is 0.0305. The van der Waals surface area contributed by atoms with Gasteiger partial charge in [-0.05, 0) is 69.9 Å². The molecule has 260 valence electrons. The summed E-state index contributed by atoms with van der Waals surface area (Å²) in [6, 6.07) is 13.1. The molecule has 3 aliphatic rings. The van der Waals surface area contributed by atoms with Crippen molar-refractivity contribution in [2.24, 2.45) is 0 Å². The Morgan fingerprint density at radius 2 is 1.63 bits per heavy atom. The van der Waals surface area contributed by atoms with E-state index in [0.29, 0.717) is 32.5 Å². The molecular formula is C38H46N4O6S. The maximum Gasteiger partial charge on any atom is 0.253 e. The topological polar surface area (TPSA) is 130 Å². The van der Waals surface area contributed by atoms with Gasteiger partial charge in [0.2, 0.25) is 11.6 Å². The molecule has 5 rings (SSSR count). The molecule has 0 fully saturated rings. The number of carbonyl (C=O) groups is 3. The molecule has 0 bridgehead atoms. The van der Waals surface area contributed by atoms with Crippen LogP contribution in [0.1, 0.15) is 77.8 Å². The molecule has 0 unspecified atom stereocenters. The molecule has 3 amide bonds. The van der Waals surface area contributed by atoms with Crippen LogP contribution < -0.4 is 10.2 Å². The van der Waals surface area contributed by atoms with Gasteiger partial charge in [-0.25, -0.2) is 8.42 Å². The van der Waals surface area contributed by atoms with E-state index in [1.165, 1.54) is 46.1 Å². The lowest BCUT2D eigenvalue weighted by molar-refractivity contribution is -0.438. The molecule has 3 heterocycles. The van der Waals surface area contributed by atoms with Crippen LogP contribution in [0.25, 0.3) is 0 Å².